The van der Waals surface area contributed by atoms with Crippen LogP contribution in [0.15, 0.2) is 57.6 Å². The van der Waals surface area contributed by atoms with Crippen LogP contribution in [0.2, 0.25) is 0 Å². The number of hydrogen-bond acceptors (Lipinski definition) is 7. The standard InChI is InChI=1S/C26H24F3N3O4/c1-2-32(18(13-33)14-34)17-9-11-19-16(12-17)8-10-20-22(19)30-36-25(20)23-21(26(27,28)29)24(35-31-23)15-6-4-3-5-7-15/h3-7,9,11-12,18,33-34H,2,8,10,13-14H2,1H3. The largest absolute Gasteiger partial charge is 0.422 e. The van der Waals surface area contributed by atoms with Crippen molar-refractivity contribution in [1.82, 2.24) is 10.3 Å². The Kier molecular flexibility index (Phi) is 6.31. The van der Waals surface area contributed by atoms with Gasteiger partial charge in [-0.1, -0.05) is 46.7 Å². The molecule has 2 heterocycles. The van der Waals surface area contributed by atoms with Gasteiger partial charge in [-0.05, 0) is 37.5 Å². The van der Waals surface area contributed by atoms with Gasteiger partial charge in [-0.2, -0.15) is 13.2 Å². The van der Waals surface area contributed by atoms with E-state index in [0.29, 0.717) is 30.6 Å². The first-order chi connectivity index (χ1) is 17.4. The molecule has 2 aromatic carbocycles. The van der Waals surface area contributed by atoms with Gasteiger partial charge in [0.1, 0.15) is 11.3 Å². The molecule has 36 heavy (non-hydrogen) atoms. The van der Waals surface area contributed by atoms with Crippen LogP contribution in [0.1, 0.15) is 23.6 Å². The van der Waals surface area contributed by atoms with E-state index in [4.69, 9.17) is 9.05 Å². The maximum absolute atomic E-state index is 14.2. The number of halogens is 3. The summed E-state index contributed by atoms with van der Waals surface area (Å²) in [6.45, 7) is 2.13. The van der Waals surface area contributed by atoms with Gasteiger partial charge in [-0.15, -0.1) is 0 Å². The van der Waals surface area contributed by atoms with Gasteiger partial charge in [0.15, 0.2) is 17.2 Å². The molecule has 0 radical (unpaired) electrons. The molecule has 0 spiro atoms. The third-order valence-corrected chi connectivity index (χ3v) is 6.54. The van der Waals surface area contributed by atoms with Gasteiger partial charge < -0.3 is 24.2 Å². The Bertz CT molecular complexity index is 1360. The van der Waals surface area contributed by atoms with Crippen molar-refractivity contribution in [2.45, 2.75) is 32.0 Å². The summed E-state index contributed by atoms with van der Waals surface area (Å²) in [7, 11) is 0. The number of fused-ring (bicyclic) bond motifs is 3. The maximum Gasteiger partial charge on any atom is 0.422 e. The highest BCUT2D eigenvalue weighted by molar-refractivity contribution is 5.80. The van der Waals surface area contributed by atoms with Gasteiger partial charge in [0, 0.05) is 28.9 Å². The van der Waals surface area contributed by atoms with E-state index in [-0.39, 0.29) is 30.3 Å². The van der Waals surface area contributed by atoms with Crippen molar-refractivity contribution >= 4 is 5.69 Å². The molecule has 0 saturated heterocycles. The lowest BCUT2D eigenvalue weighted by Crippen LogP contribution is -2.40. The highest BCUT2D eigenvalue weighted by atomic mass is 19.4. The number of likely N-dealkylation sites (N-methyl/N-ethyl adjacent to an activating group) is 1. The lowest BCUT2D eigenvalue weighted by Gasteiger charge is -2.31. The summed E-state index contributed by atoms with van der Waals surface area (Å²) >= 11 is 0. The van der Waals surface area contributed by atoms with Crippen molar-refractivity contribution in [2.24, 2.45) is 0 Å². The van der Waals surface area contributed by atoms with Crippen LogP contribution in [0.4, 0.5) is 18.9 Å². The molecule has 0 bridgehead atoms. The zero-order valence-corrected chi connectivity index (χ0v) is 19.4. The van der Waals surface area contributed by atoms with E-state index < -0.39 is 23.5 Å². The minimum atomic E-state index is -4.72. The summed E-state index contributed by atoms with van der Waals surface area (Å²) in [5.41, 5.74) is 2.42. The van der Waals surface area contributed by atoms with Crippen molar-refractivity contribution in [2.75, 3.05) is 24.7 Å². The lowest BCUT2D eigenvalue weighted by molar-refractivity contribution is -0.136. The molecule has 0 unspecified atom stereocenters. The third-order valence-electron chi connectivity index (χ3n) is 6.54. The molecule has 0 saturated carbocycles. The van der Waals surface area contributed by atoms with Crippen molar-refractivity contribution in [3.63, 3.8) is 0 Å². The number of anilines is 1. The monoisotopic (exact) mass is 499 g/mol. The van der Waals surface area contributed by atoms with Crippen LogP contribution in [0.25, 0.3) is 34.0 Å². The summed E-state index contributed by atoms with van der Waals surface area (Å²) in [4.78, 5) is 1.90. The predicted octanol–water partition coefficient (Wildman–Crippen LogP) is 4.96. The minimum absolute atomic E-state index is 0.0474. The first-order valence-electron chi connectivity index (χ1n) is 11.6. The van der Waals surface area contributed by atoms with E-state index in [0.717, 1.165) is 16.8 Å². The van der Waals surface area contributed by atoms with Crippen LogP contribution >= 0.6 is 0 Å². The average molecular weight is 499 g/mol. The molecule has 0 atom stereocenters. The highest BCUT2D eigenvalue weighted by Crippen LogP contribution is 2.46. The van der Waals surface area contributed by atoms with Crippen molar-refractivity contribution in [1.29, 1.82) is 0 Å². The fourth-order valence-corrected chi connectivity index (χ4v) is 4.80. The summed E-state index contributed by atoms with van der Waals surface area (Å²) < 4.78 is 53.2. The van der Waals surface area contributed by atoms with Gasteiger partial charge >= 0.3 is 6.18 Å². The van der Waals surface area contributed by atoms with E-state index in [1.807, 2.05) is 30.0 Å². The molecule has 0 fully saturated rings. The summed E-state index contributed by atoms with van der Waals surface area (Å²) in [5, 5.41) is 27.1. The van der Waals surface area contributed by atoms with Gasteiger partial charge in [0.2, 0.25) is 0 Å². The molecule has 0 amide bonds. The summed E-state index contributed by atoms with van der Waals surface area (Å²) in [6.07, 6.45) is -3.76. The molecule has 4 aromatic rings. The predicted molar refractivity (Wildman–Crippen MR) is 126 cm³/mol. The summed E-state index contributed by atoms with van der Waals surface area (Å²) in [5.74, 6) is -0.417. The van der Waals surface area contributed by atoms with Gasteiger partial charge in [0.05, 0.1) is 19.3 Å². The molecule has 2 aromatic heterocycles. The second-order valence-corrected chi connectivity index (χ2v) is 8.58. The van der Waals surface area contributed by atoms with Crippen molar-refractivity contribution in [3.8, 4) is 34.0 Å². The molecule has 1 aliphatic rings. The third kappa shape index (κ3) is 4.06. The number of aromatic nitrogens is 2. The Morgan fingerprint density at radius 2 is 1.64 bits per heavy atom. The van der Waals surface area contributed by atoms with E-state index in [1.165, 1.54) is 12.1 Å². The first kappa shape index (κ1) is 24.1. The van der Waals surface area contributed by atoms with E-state index in [9.17, 15) is 23.4 Å². The Balaban J connectivity index is 1.57. The van der Waals surface area contributed by atoms with E-state index in [2.05, 4.69) is 10.3 Å². The smallest absolute Gasteiger partial charge is 0.394 e. The van der Waals surface area contributed by atoms with Gasteiger partial charge in [-0.25, -0.2) is 0 Å². The fraction of sp³-hybridized carbons (Fsp3) is 0.308. The lowest BCUT2D eigenvalue weighted by atomic mass is 9.87. The highest BCUT2D eigenvalue weighted by Gasteiger charge is 2.43. The van der Waals surface area contributed by atoms with Gasteiger partial charge in [-0.3, -0.25) is 0 Å². The molecule has 7 nitrogen and oxygen atoms in total. The maximum atomic E-state index is 14.2. The Labute approximate surface area is 204 Å². The SMILES string of the molecule is CCN(c1ccc2c(c1)CCc1c-2noc1-c1noc(-c2ccccc2)c1C(F)(F)F)C(CO)CO. The Morgan fingerprint density at radius 3 is 2.31 bits per heavy atom. The van der Waals surface area contributed by atoms with E-state index in [1.54, 1.807) is 18.2 Å². The van der Waals surface area contributed by atoms with Crippen LogP contribution in [0.3, 0.4) is 0 Å². The van der Waals surface area contributed by atoms with Crippen LogP contribution < -0.4 is 4.90 Å². The first-order valence-corrected chi connectivity index (χ1v) is 11.6. The molecule has 5 rings (SSSR count). The second-order valence-electron chi connectivity index (χ2n) is 8.58. The number of aliphatic hydroxyl groups excluding tert-OH is 2. The molecule has 0 aliphatic heterocycles. The number of nitrogens with zero attached hydrogens (tertiary/aromatic N) is 3. The molecule has 1 aliphatic carbocycles. The number of hydrogen-bond donors (Lipinski definition) is 2. The van der Waals surface area contributed by atoms with Crippen LogP contribution in [-0.4, -0.2) is 46.3 Å². The van der Waals surface area contributed by atoms with Crippen LogP contribution in [-0.2, 0) is 19.0 Å². The number of aryl methyl sites for hydroxylation is 1. The second kappa shape index (κ2) is 9.44. The Hall–Kier alpha value is -3.63. The molecule has 10 heteroatoms. The van der Waals surface area contributed by atoms with Gasteiger partial charge in [0.25, 0.3) is 0 Å². The fourth-order valence-electron chi connectivity index (χ4n) is 4.80. The van der Waals surface area contributed by atoms with Crippen LogP contribution in [0.5, 0.6) is 0 Å². The Morgan fingerprint density at radius 1 is 0.944 bits per heavy atom. The topological polar surface area (TPSA) is 95.8 Å². The normalized spacial score (nSPS) is 13.1. The number of aliphatic hydroxyl groups is 2. The van der Waals surface area contributed by atoms with E-state index >= 15 is 0 Å². The zero-order chi connectivity index (χ0) is 25.4. The molecular formula is C26H24F3N3O4. The van der Waals surface area contributed by atoms with Crippen LogP contribution in [0, 0.1) is 0 Å². The molecule has 188 valence electrons. The molecular weight excluding hydrogens is 475 g/mol. The number of alkyl halides is 3. The van der Waals surface area contributed by atoms with Crippen molar-refractivity contribution in [3.05, 3.63) is 65.2 Å². The minimum Gasteiger partial charge on any atom is -0.394 e. The average Bonchev–Trinajstić information content (AvgIpc) is 3.52. The number of benzene rings is 2. The van der Waals surface area contributed by atoms with Crippen molar-refractivity contribution < 1.29 is 32.4 Å². The zero-order valence-electron chi connectivity index (χ0n) is 19.4. The number of rotatable bonds is 7. The molecule has 2 N–H and O–H groups in total. The summed E-state index contributed by atoms with van der Waals surface area (Å²) in [6, 6.07) is 13.2. The quantitative estimate of drug-likeness (QED) is 0.371.